The summed E-state index contributed by atoms with van der Waals surface area (Å²) in [6.07, 6.45) is 2.39. The second-order valence-electron chi connectivity index (χ2n) is 9.29. The first-order valence-corrected chi connectivity index (χ1v) is 11.8. The van der Waals surface area contributed by atoms with Crippen LogP contribution in [0.2, 0.25) is 0 Å². The molecular formula is C29H29N3O2. The summed E-state index contributed by atoms with van der Waals surface area (Å²) in [5.41, 5.74) is 4.72. The van der Waals surface area contributed by atoms with Crippen molar-refractivity contribution >= 4 is 17.8 Å². The highest BCUT2D eigenvalue weighted by Crippen LogP contribution is 2.31. The molecule has 5 heteroatoms. The smallest absolute Gasteiger partial charge is 0.229 e. The molecule has 1 saturated heterocycles. The van der Waals surface area contributed by atoms with E-state index in [1.54, 1.807) is 6.21 Å². The number of rotatable bonds is 6. The highest BCUT2D eigenvalue weighted by molar-refractivity contribution is 6.39. The van der Waals surface area contributed by atoms with Gasteiger partial charge in [-0.2, -0.15) is 0 Å². The van der Waals surface area contributed by atoms with E-state index in [9.17, 15) is 4.79 Å². The summed E-state index contributed by atoms with van der Waals surface area (Å²) < 4.78 is 5.99. The van der Waals surface area contributed by atoms with Gasteiger partial charge in [-0.25, -0.2) is 0 Å². The minimum absolute atomic E-state index is 0.00395. The largest absolute Gasteiger partial charge is 0.354 e. The molecule has 3 aromatic carbocycles. The van der Waals surface area contributed by atoms with Gasteiger partial charge in [-0.15, -0.1) is 0 Å². The lowest BCUT2D eigenvalue weighted by Gasteiger charge is -2.34. The Morgan fingerprint density at radius 2 is 1.53 bits per heavy atom. The molecule has 0 aliphatic carbocycles. The Bertz CT molecular complexity index is 1200. The summed E-state index contributed by atoms with van der Waals surface area (Å²) in [5.74, 6) is 0.0232. The van der Waals surface area contributed by atoms with E-state index in [1.165, 1.54) is 11.1 Å². The molecule has 0 aromatic heterocycles. The molecule has 1 fully saturated rings. The Labute approximate surface area is 200 Å². The molecular weight excluding hydrogens is 422 g/mol. The molecule has 0 saturated carbocycles. The van der Waals surface area contributed by atoms with Gasteiger partial charge in [-0.3, -0.25) is 14.8 Å². The lowest BCUT2D eigenvalue weighted by atomic mass is 10.0. The average molecular weight is 452 g/mol. The molecule has 2 unspecified atom stereocenters. The molecule has 0 spiro atoms. The zero-order valence-electron chi connectivity index (χ0n) is 19.6. The maximum absolute atomic E-state index is 13.4. The van der Waals surface area contributed by atoms with Crippen molar-refractivity contribution in [2.45, 2.75) is 44.6 Å². The average Bonchev–Trinajstić information content (AvgIpc) is 3.44. The van der Waals surface area contributed by atoms with Crippen LogP contribution in [0.4, 0.5) is 0 Å². The monoisotopic (exact) mass is 451 g/mol. The maximum atomic E-state index is 13.4. The van der Waals surface area contributed by atoms with Gasteiger partial charge >= 0.3 is 0 Å². The number of nitrogens with zero attached hydrogens (tertiary/aromatic N) is 3. The van der Waals surface area contributed by atoms with Crippen LogP contribution >= 0.6 is 0 Å². The van der Waals surface area contributed by atoms with E-state index in [0.717, 1.165) is 23.3 Å². The van der Waals surface area contributed by atoms with Crippen LogP contribution in [0.15, 0.2) is 94.9 Å². The summed E-state index contributed by atoms with van der Waals surface area (Å²) in [5, 5.41) is 0. The van der Waals surface area contributed by atoms with Gasteiger partial charge in [0.1, 0.15) is 11.9 Å². The highest BCUT2D eigenvalue weighted by Gasteiger charge is 2.43. The Morgan fingerprint density at radius 1 is 0.912 bits per heavy atom. The van der Waals surface area contributed by atoms with Gasteiger partial charge in [0, 0.05) is 11.8 Å². The number of aliphatic imine (C=N–C) groups is 2. The molecule has 5 rings (SSSR count). The Morgan fingerprint density at radius 3 is 2.24 bits per heavy atom. The van der Waals surface area contributed by atoms with Gasteiger partial charge in [0.2, 0.25) is 5.91 Å². The quantitative estimate of drug-likeness (QED) is 0.520. The van der Waals surface area contributed by atoms with E-state index in [1.807, 2.05) is 55.1 Å². The van der Waals surface area contributed by atoms with Gasteiger partial charge in [-0.1, -0.05) is 84.9 Å². The van der Waals surface area contributed by atoms with Crippen LogP contribution in [0.25, 0.3) is 11.1 Å². The lowest BCUT2D eigenvalue weighted by Crippen LogP contribution is -2.49. The standard InChI is InChI=1S/C29H29N3O2/c1-29(2)32(25(20-34-29)17-21-9-5-3-6-10-21)28(33)18-27-30-19-26(31-27)24-15-13-23(14-16-24)22-11-7-4-8-12-22/h3-16,19,25,27H,17-18,20H2,1-2H3. The predicted molar refractivity (Wildman–Crippen MR) is 136 cm³/mol. The van der Waals surface area contributed by atoms with Crippen LogP contribution in [-0.2, 0) is 16.0 Å². The van der Waals surface area contributed by atoms with Crippen molar-refractivity contribution in [2.24, 2.45) is 9.98 Å². The SMILES string of the molecule is CC1(C)OCC(Cc2ccccc2)N1C(=O)CC1N=CC(c2ccc(-c3ccccc3)cc2)=N1. The molecule has 5 nitrogen and oxygen atoms in total. The number of benzene rings is 3. The van der Waals surface area contributed by atoms with Crippen LogP contribution < -0.4 is 0 Å². The normalized spacial score (nSPS) is 21.0. The minimum Gasteiger partial charge on any atom is -0.354 e. The molecule has 2 aliphatic heterocycles. The number of amides is 1. The van der Waals surface area contributed by atoms with E-state index in [4.69, 9.17) is 9.73 Å². The van der Waals surface area contributed by atoms with Crippen molar-refractivity contribution in [1.29, 1.82) is 0 Å². The first-order chi connectivity index (χ1) is 16.5. The molecule has 0 radical (unpaired) electrons. The van der Waals surface area contributed by atoms with E-state index in [0.29, 0.717) is 6.61 Å². The summed E-state index contributed by atoms with van der Waals surface area (Å²) >= 11 is 0. The highest BCUT2D eigenvalue weighted by atomic mass is 16.5. The number of carbonyl (C=O) groups excluding carboxylic acids is 1. The van der Waals surface area contributed by atoms with Crippen LogP contribution in [-0.4, -0.2) is 47.3 Å². The fourth-order valence-electron chi connectivity index (χ4n) is 4.77. The molecule has 0 bridgehead atoms. The van der Waals surface area contributed by atoms with E-state index in [-0.39, 0.29) is 18.4 Å². The second kappa shape index (κ2) is 9.35. The van der Waals surface area contributed by atoms with Crippen molar-refractivity contribution in [3.63, 3.8) is 0 Å². The molecule has 172 valence electrons. The van der Waals surface area contributed by atoms with Gasteiger partial charge in [0.25, 0.3) is 0 Å². The van der Waals surface area contributed by atoms with Crippen LogP contribution in [0.1, 0.15) is 31.4 Å². The Balaban J connectivity index is 1.26. The predicted octanol–water partition coefficient (Wildman–Crippen LogP) is 5.15. The van der Waals surface area contributed by atoms with E-state index < -0.39 is 11.9 Å². The molecule has 2 heterocycles. The van der Waals surface area contributed by atoms with Gasteiger partial charge in [0.15, 0.2) is 0 Å². The summed E-state index contributed by atoms with van der Waals surface area (Å²) in [4.78, 5) is 24.5. The molecule has 2 atom stereocenters. The minimum atomic E-state index is -0.640. The molecule has 1 amide bonds. The zero-order chi connectivity index (χ0) is 23.5. The van der Waals surface area contributed by atoms with Gasteiger partial charge < -0.3 is 9.64 Å². The number of hydrogen-bond acceptors (Lipinski definition) is 4. The summed E-state index contributed by atoms with van der Waals surface area (Å²) in [7, 11) is 0. The Hall–Kier alpha value is -3.57. The first kappa shape index (κ1) is 22.2. The molecule has 0 N–H and O–H groups in total. The van der Waals surface area contributed by atoms with Crippen LogP contribution in [0.5, 0.6) is 0 Å². The van der Waals surface area contributed by atoms with Crippen molar-refractivity contribution in [1.82, 2.24) is 4.90 Å². The topological polar surface area (TPSA) is 54.3 Å². The third-order valence-corrected chi connectivity index (χ3v) is 6.46. The number of hydrogen-bond donors (Lipinski definition) is 0. The summed E-state index contributed by atoms with van der Waals surface area (Å²) in [6.45, 7) is 4.44. The van der Waals surface area contributed by atoms with E-state index in [2.05, 4.69) is 53.5 Å². The van der Waals surface area contributed by atoms with Gasteiger partial charge in [0.05, 0.1) is 24.8 Å². The van der Waals surface area contributed by atoms with Gasteiger partial charge in [-0.05, 0) is 37.0 Å². The zero-order valence-corrected chi connectivity index (χ0v) is 19.6. The molecule has 3 aromatic rings. The Kier molecular flexibility index (Phi) is 6.12. The van der Waals surface area contributed by atoms with Crippen molar-refractivity contribution in [2.75, 3.05) is 6.61 Å². The number of carbonyl (C=O) groups is 1. The van der Waals surface area contributed by atoms with Crippen molar-refractivity contribution < 1.29 is 9.53 Å². The fraction of sp³-hybridized carbons (Fsp3) is 0.276. The van der Waals surface area contributed by atoms with Crippen molar-refractivity contribution in [3.8, 4) is 11.1 Å². The third-order valence-electron chi connectivity index (χ3n) is 6.46. The summed E-state index contributed by atoms with van der Waals surface area (Å²) in [6, 6.07) is 28.8. The van der Waals surface area contributed by atoms with E-state index >= 15 is 0 Å². The first-order valence-electron chi connectivity index (χ1n) is 11.8. The van der Waals surface area contributed by atoms with Crippen LogP contribution in [0.3, 0.4) is 0 Å². The fourth-order valence-corrected chi connectivity index (χ4v) is 4.77. The molecule has 2 aliphatic rings. The maximum Gasteiger partial charge on any atom is 0.229 e. The third kappa shape index (κ3) is 4.70. The molecule has 34 heavy (non-hydrogen) atoms. The van der Waals surface area contributed by atoms with Crippen LogP contribution in [0, 0.1) is 0 Å². The van der Waals surface area contributed by atoms with Crippen molar-refractivity contribution in [3.05, 3.63) is 96.1 Å². The lowest BCUT2D eigenvalue weighted by molar-refractivity contribution is -0.146. The number of ether oxygens (including phenoxy) is 1. The second-order valence-corrected chi connectivity index (χ2v) is 9.29.